The van der Waals surface area contributed by atoms with Crippen LogP contribution in [0.2, 0.25) is 0 Å². The summed E-state index contributed by atoms with van der Waals surface area (Å²) in [6, 6.07) is 0. The molecule has 8 heteroatoms. The van der Waals surface area contributed by atoms with Crippen LogP contribution in [0.5, 0.6) is 0 Å². The van der Waals surface area contributed by atoms with Crippen molar-refractivity contribution in [1.82, 2.24) is 9.21 Å². The van der Waals surface area contributed by atoms with Crippen molar-refractivity contribution in [3.8, 4) is 0 Å². The highest BCUT2D eigenvalue weighted by Gasteiger charge is 2.25. The van der Waals surface area contributed by atoms with E-state index in [-0.39, 0.29) is 18.2 Å². The lowest BCUT2D eigenvalue weighted by Gasteiger charge is -2.20. The number of sulfonamides is 1. The maximum Gasteiger partial charge on any atom is 0.215 e. The molecule has 1 unspecified atom stereocenters. The Hall–Kier alpha value is 0.0600. The van der Waals surface area contributed by atoms with Crippen molar-refractivity contribution in [1.29, 1.82) is 0 Å². The Bertz CT molecular complexity index is 365. The van der Waals surface area contributed by atoms with Crippen LogP contribution in [0.1, 0.15) is 13.8 Å². The first-order valence-corrected chi connectivity index (χ1v) is 9.22. The van der Waals surface area contributed by atoms with Gasteiger partial charge in [0.2, 0.25) is 17.4 Å². The highest BCUT2D eigenvalue weighted by atomic mass is 32.2. The Morgan fingerprint density at radius 3 is 2.00 bits per heavy atom. The first-order chi connectivity index (χ1) is 7.64. The summed E-state index contributed by atoms with van der Waals surface area (Å²) < 4.78 is 36.6. The van der Waals surface area contributed by atoms with Crippen LogP contribution >= 0.6 is 7.37 Å². The van der Waals surface area contributed by atoms with E-state index in [1.54, 1.807) is 32.8 Å². The lowest BCUT2D eigenvalue weighted by Crippen LogP contribution is -2.34. The summed E-state index contributed by atoms with van der Waals surface area (Å²) in [4.78, 5) is 11.2. The third-order valence-electron chi connectivity index (χ3n) is 2.30. The average Bonchev–Trinajstić information content (AvgIpc) is 2.15. The molecule has 0 aromatic heterocycles. The lowest BCUT2D eigenvalue weighted by molar-refractivity contribution is 0.413. The second kappa shape index (κ2) is 6.85. The zero-order valence-electron chi connectivity index (χ0n) is 11.0. The number of nitrogens with zero attached hydrogens (tertiary/aromatic N) is 2. The molecule has 0 aliphatic heterocycles. The monoisotopic (exact) mass is 286 g/mol. The summed E-state index contributed by atoms with van der Waals surface area (Å²) in [7, 11) is -3.43. The molecule has 0 spiro atoms. The van der Waals surface area contributed by atoms with Crippen LogP contribution in [0.4, 0.5) is 0 Å². The van der Waals surface area contributed by atoms with Crippen molar-refractivity contribution < 1.29 is 17.9 Å². The molecule has 0 saturated heterocycles. The molecule has 0 aromatic carbocycles. The van der Waals surface area contributed by atoms with Crippen LogP contribution < -0.4 is 0 Å². The van der Waals surface area contributed by atoms with Gasteiger partial charge in [-0.2, -0.15) is 0 Å². The Labute approximate surface area is 104 Å². The van der Waals surface area contributed by atoms with E-state index >= 15 is 0 Å². The third-order valence-corrected chi connectivity index (χ3v) is 6.56. The first-order valence-electron chi connectivity index (χ1n) is 5.58. The van der Waals surface area contributed by atoms with Gasteiger partial charge in [-0.1, -0.05) is 13.8 Å². The smallest absolute Gasteiger partial charge is 0.215 e. The summed E-state index contributed by atoms with van der Waals surface area (Å²) in [6.07, 6.45) is -0.176. The number of rotatable bonds is 8. The molecule has 104 valence electrons. The minimum absolute atomic E-state index is 0.0147. The predicted molar refractivity (Wildman–Crippen MR) is 70.0 cm³/mol. The normalized spacial score (nSPS) is 16.4. The summed E-state index contributed by atoms with van der Waals surface area (Å²) >= 11 is 0. The molecule has 0 bridgehead atoms. The van der Waals surface area contributed by atoms with Crippen LogP contribution in [0.25, 0.3) is 0 Å². The maximum absolute atomic E-state index is 11.8. The molecule has 0 heterocycles. The van der Waals surface area contributed by atoms with Crippen LogP contribution in [0.3, 0.4) is 0 Å². The summed E-state index contributed by atoms with van der Waals surface area (Å²) in [5.74, 6) is -0.268. The van der Waals surface area contributed by atoms with E-state index in [1.165, 1.54) is 4.31 Å². The molecule has 0 rings (SSSR count). The maximum atomic E-state index is 11.8. The van der Waals surface area contributed by atoms with Crippen molar-refractivity contribution in [2.75, 3.05) is 45.4 Å². The Morgan fingerprint density at radius 1 is 1.18 bits per heavy atom. The van der Waals surface area contributed by atoms with Gasteiger partial charge in [0, 0.05) is 19.3 Å². The van der Waals surface area contributed by atoms with Crippen LogP contribution in [0.15, 0.2) is 0 Å². The molecule has 0 aromatic rings. The molecule has 0 saturated carbocycles. The van der Waals surface area contributed by atoms with Crippen LogP contribution in [0, 0.1) is 0 Å². The standard InChI is InChI=1S/C9H23N2O4PS/c1-5-11(6-2)17(14,15)8-7-16(12,13)9-10(3)4/h5-9H2,1-4H3,(H,12,13). The third kappa shape index (κ3) is 6.52. The molecule has 0 radical (unpaired) electrons. The molecular weight excluding hydrogens is 263 g/mol. The van der Waals surface area contributed by atoms with Gasteiger partial charge < -0.3 is 9.79 Å². The van der Waals surface area contributed by atoms with Crippen molar-refractivity contribution >= 4 is 17.4 Å². The fraction of sp³-hybridized carbons (Fsp3) is 1.00. The van der Waals surface area contributed by atoms with E-state index in [4.69, 9.17) is 0 Å². The van der Waals surface area contributed by atoms with Crippen molar-refractivity contribution in [2.45, 2.75) is 13.8 Å². The first kappa shape index (κ1) is 17.1. The average molecular weight is 286 g/mol. The van der Waals surface area contributed by atoms with Crippen LogP contribution in [-0.4, -0.2) is 67.9 Å². The molecule has 0 fully saturated rings. The molecule has 0 aliphatic rings. The minimum Gasteiger partial charge on any atom is -0.343 e. The largest absolute Gasteiger partial charge is 0.343 e. The minimum atomic E-state index is -3.41. The van der Waals surface area contributed by atoms with Gasteiger partial charge in [-0.15, -0.1) is 0 Å². The Morgan fingerprint density at radius 2 is 1.65 bits per heavy atom. The zero-order valence-corrected chi connectivity index (χ0v) is 12.7. The predicted octanol–water partition coefficient (Wildman–Crippen LogP) is 0.448. The molecule has 6 nitrogen and oxygen atoms in total. The second-order valence-corrected chi connectivity index (χ2v) is 8.70. The van der Waals surface area contributed by atoms with Crippen LogP contribution in [-0.2, 0) is 14.6 Å². The van der Waals surface area contributed by atoms with Gasteiger partial charge in [-0.3, -0.25) is 4.57 Å². The number of hydrogen-bond donors (Lipinski definition) is 1. The van der Waals surface area contributed by atoms with Gasteiger partial charge in [-0.05, 0) is 14.1 Å². The van der Waals surface area contributed by atoms with E-state index in [9.17, 15) is 17.9 Å². The summed E-state index contributed by atoms with van der Waals surface area (Å²) in [5, 5.41) is 0. The quantitative estimate of drug-likeness (QED) is 0.655. The summed E-state index contributed by atoms with van der Waals surface area (Å²) in [6.45, 7) is 4.28. The molecule has 0 amide bonds. The molecule has 0 aliphatic carbocycles. The Balaban J connectivity index is 4.51. The van der Waals surface area contributed by atoms with Gasteiger partial charge in [0.25, 0.3) is 0 Å². The van der Waals surface area contributed by atoms with E-state index in [0.29, 0.717) is 13.1 Å². The zero-order chi connectivity index (χ0) is 13.7. The van der Waals surface area contributed by atoms with E-state index in [2.05, 4.69) is 0 Å². The highest BCUT2D eigenvalue weighted by Crippen LogP contribution is 2.40. The molecule has 17 heavy (non-hydrogen) atoms. The Kier molecular flexibility index (Phi) is 6.87. The fourth-order valence-electron chi connectivity index (χ4n) is 1.52. The van der Waals surface area contributed by atoms with Gasteiger partial charge in [-0.25, -0.2) is 12.7 Å². The van der Waals surface area contributed by atoms with Crippen molar-refractivity contribution in [2.24, 2.45) is 0 Å². The van der Waals surface area contributed by atoms with Crippen molar-refractivity contribution in [3.63, 3.8) is 0 Å². The van der Waals surface area contributed by atoms with E-state index in [1.807, 2.05) is 0 Å². The topological polar surface area (TPSA) is 77.9 Å². The van der Waals surface area contributed by atoms with Gasteiger partial charge in [0.15, 0.2) is 0 Å². The lowest BCUT2D eigenvalue weighted by atomic mass is 10.7. The van der Waals surface area contributed by atoms with E-state index in [0.717, 1.165) is 0 Å². The second-order valence-electron chi connectivity index (χ2n) is 4.19. The van der Waals surface area contributed by atoms with Gasteiger partial charge >= 0.3 is 0 Å². The highest BCUT2D eigenvalue weighted by molar-refractivity contribution is 7.89. The fourth-order valence-corrected chi connectivity index (χ4v) is 5.65. The molecular formula is C9H23N2O4PS. The number of hydrogen-bond acceptors (Lipinski definition) is 4. The van der Waals surface area contributed by atoms with Crippen molar-refractivity contribution in [3.05, 3.63) is 0 Å². The SMILES string of the molecule is CCN(CC)S(=O)(=O)CCP(=O)(O)CN(C)C. The van der Waals surface area contributed by atoms with E-state index < -0.39 is 17.4 Å². The van der Waals surface area contributed by atoms with Gasteiger partial charge in [0.1, 0.15) is 0 Å². The summed E-state index contributed by atoms with van der Waals surface area (Å²) in [5.41, 5.74) is 0. The molecule has 1 atom stereocenters. The molecule has 1 N–H and O–H groups in total. The van der Waals surface area contributed by atoms with Gasteiger partial charge in [0.05, 0.1) is 12.0 Å².